The van der Waals surface area contributed by atoms with Crippen LogP contribution in [0.2, 0.25) is 0 Å². The molecule has 4 nitrogen and oxygen atoms in total. The van der Waals surface area contributed by atoms with Crippen LogP contribution in [0.1, 0.15) is 41.7 Å². The highest BCUT2D eigenvalue weighted by atomic mass is 79.9. The Morgan fingerprint density at radius 2 is 1.88 bits per heavy atom. The zero-order valence-corrected chi connectivity index (χ0v) is 15.5. The van der Waals surface area contributed by atoms with Gasteiger partial charge in [-0.15, -0.1) is 0 Å². The fourth-order valence-electron chi connectivity index (χ4n) is 2.98. The minimum Gasteiger partial charge on any atom is -0.355 e. The maximum absolute atomic E-state index is 12.7. The molecule has 0 radical (unpaired) electrons. The summed E-state index contributed by atoms with van der Waals surface area (Å²) in [6, 6.07) is 9.82. The van der Waals surface area contributed by atoms with Crippen molar-refractivity contribution in [3.63, 3.8) is 0 Å². The van der Waals surface area contributed by atoms with Crippen LogP contribution >= 0.6 is 15.9 Å². The Morgan fingerprint density at radius 1 is 1.12 bits per heavy atom. The Hall–Kier alpha value is -1.88. The van der Waals surface area contributed by atoms with Crippen LogP contribution < -0.4 is 5.32 Å². The minimum atomic E-state index is 0.0353. The first-order valence-electron chi connectivity index (χ1n) is 8.42. The van der Waals surface area contributed by atoms with E-state index >= 15 is 0 Å². The lowest BCUT2D eigenvalue weighted by Gasteiger charge is -2.20. The molecule has 3 rings (SSSR count). The number of pyridine rings is 1. The molecule has 126 valence electrons. The first kappa shape index (κ1) is 17.0. The Kier molecular flexibility index (Phi) is 5.51. The van der Waals surface area contributed by atoms with Gasteiger partial charge in [-0.25, -0.2) is 0 Å². The third-order valence-corrected chi connectivity index (χ3v) is 4.83. The van der Waals surface area contributed by atoms with Crippen LogP contribution in [0.5, 0.6) is 0 Å². The van der Waals surface area contributed by atoms with Crippen molar-refractivity contribution in [2.24, 2.45) is 0 Å². The molecular formula is C19H22BrN3O. The van der Waals surface area contributed by atoms with Gasteiger partial charge in [-0.3, -0.25) is 9.78 Å². The van der Waals surface area contributed by atoms with E-state index in [1.807, 2.05) is 29.2 Å². The van der Waals surface area contributed by atoms with Gasteiger partial charge in [-0.05, 0) is 55.7 Å². The number of hydrogen-bond acceptors (Lipinski definition) is 3. The molecule has 1 saturated heterocycles. The maximum atomic E-state index is 12.7. The molecule has 0 saturated carbocycles. The lowest BCUT2D eigenvalue weighted by molar-refractivity contribution is 0.0756. The lowest BCUT2D eigenvalue weighted by Crippen LogP contribution is -2.32. The van der Waals surface area contributed by atoms with Gasteiger partial charge in [0.05, 0.1) is 0 Å². The van der Waals surface area contributed by atoms with Crippen LogP contribution in [-0.4, -0.2) is 28.9 Å². The molecule has 2 heterocycles. The van der Waals surface area contributed by atoms with Gasteiger partial charge < -0.3 is 10.2 Å². The number of nitrogens with zero attached hydrogens (tertiary/aromatic N) is 2. The molecule has 0 spiro atoms. The van der Waals surface area contributed by atoms with Crippen molar-refractivity contribution >= 4 is 33.2 Å². The molecule has 1 aliphatic rings. The summed E-state index contributed by atoms with van der Waals surface area (Å²) in [4.78, 5) is 18.9. The van der Waals surface area contributed by atoms with E-state index < -0.39 is 0 Å². The van der Waals surface area contributed by atoms with Gasteiger partial charge in [-0.1, -0.05) is 28.8 Å². The molecule has 1 amide bonds. The number of anilines is 2. The third kappa shape index (κ3) is 4.15. The van der Waals surface area contributed by atoms with Crippen molar-refractivity contribution in [1.29, 1.82) is 0 Å². The number of halogens is 1. The number of benzene rings is 1. The summed E-state index contributed by atoms with van der Waals surface area (Å²) in [5.41, 5.74) is 3.56. The normalized spacial score (nSPS) is 15.0. The summed E-state index contributed by atoms with van der Waals surface area (Å²) >= 11 is 3.47. The fraction of sp³-hybridized carbons (Fsp3) is 0.368. The molecule has 24 heavy (non-hydrogen) atoms. The topological polar surface area (TPSA) is 45.2 Å². The number of carbonyl (C=O) groups excluding carboxylic acids is 1. The zero-order chi connectivity index (χ0) is 16.9. The third-order valence-electron chi connectivity index (χ3n) is 4.34. The number of aryl methyl sites for hydroxylation is 1. The van der Waals surface area contributed by atoms with Gasteiger partial charge in [0.2, 0.25) is 0 Å². The van der Waals surface area contributed by atoms with Crippen LogP contribution in [0.15, 0.2) is 41.0 Å². The first-order valence-corrected chi connectivity index (χ1v) is 9.21. The molecule has 0 aliphatic carbocycles. The first-order chi connectivity index (χ1) is 11.6. The van der Waals surface area contributed by atoms with E-state index in [0.717, 1.165) is 47.3 Å². The summed E-state index contributed by atoms with van der Waals surface area (Å²) in [6.07, 6.45) is 6.29. The molecule has 2 aromatic rings. The summed E-state index contributed by atoms with van der Waals surface area (Å²) in [6.45, 7) is 3.73. The predicted octanol–water partition coefficient (Wildman–Crippen LogP) is 4.91. The Balaban J connectivity index is 1.77. The van der Waals surface area contributed by atoms with E-state index in [1.54, 1.807) is 6.20 Å². The highest BCUT2D eigenvalue weighted by molar-refractivity contribution is 9.10. The quantitative estimate of drug-likeness (QED) is 0.813. The standard InChI is InChI=1S/C19H22BrN3O/c1-14-12-15(20)6-7-17(14)22-16-8-9-21-18(13-16)19(24)23-10-4-2-3-5-11-23/h6-9,12-13H,2-5,10-11H2,1H3,(H,21,22). The van der Waals surface area contributed by atoms with Crippen molar-refractivity contribution in [3.05, 3.63) is 52.3 Å². The van der Waals surface area contributed by atoms with Crippen LogP contribution in [-0.2, 0) is 0 Å². The van der Waals surface area contributed by atoms with Crippen molar-refractivity contribution < 1.29 is 4.79 Å². The number of likely N-dealkylation sites (tertiary alicyclic amines) is 1. The van der Waals surface area contributed by atoms with Crippen LogP contribution in [0.3, 0.4) is 0 Å². The monoisotopic (exact) mass is 387 g/mol. The summed E-state index contributed by atoms with van der Waals surface area (Å²) in [7, 11) is 0. The highest BCUT2D eigenvalue weighted by Gasteiger charge is 2.18. The Morgan fingerprint density at radius 3 is 2.58 bits per heavy atom. The molecule has 0 unspecified atom stereocenters. The van der Waals surface area contributed by atoms with E-state index in [1.165, 1.54) is 12.8 Å². The van der Waals surface area contributed by atoms with Gasteiger partial charge in [0, 0.05) is 35.1 Å². The largest absolute Gasteiger partial charge is 0.355 e. The van der Waals surface area contributed by atoms with Crippen molar-refractivity contribution in [3.8, 4) is 0 Å². The number of rotatable bonds is 3. The maximum Gasteiger partial charge on any atom is 0.272 e. The van der Waals surface area contributed by atoms with Crippen molar-refractivity contribution in [2.45, 2.75) is 32.6 Å². The molecule has 1 aliphatic heterocycles. The van der Waals surface area contributed by atoms with Crippen molar-refractivity contribution in [1.82, 2.24) is 9.88 Å². The SMILES string of the molecule is Cc1cc(Br)ccc1Nc1ccnc(C(=O)N2CCCCCC2)c1. The van der Waals surface area contributed by atoms with Gasteiger partial charge in [0.25, 0.3) is 5.91 Å². The Bertz CT molecular complexity index is 724. The summed E-state index contributed by atoms with van der Waals surface area (Å²) in [5, 5.41) is 3.38. The molecule has 1 N–H and O–H groups in total. The molecular weight excluding hydrogens is 366 g/mol. The molecule has 0 bridgehead atoms. The lowest BCUT2D eigenvalue weighted by atomic mass is 10.2. The minimum absolute atomic E-state index is 0.0353. The average molecular weight is 388 g/mol. The number of amides is 1. The number of hydrogen-bond donors (Lipinski definition) is 1. The molecule has 1 aromatic heterocycles. The van der Waals surface area contributed by atoms with E-state index in [-0.39, 0.29) is 5.91 Å². The molecule has 1 aromatic carbocycles. The fourth-order valence-corrected chi connectivity index (χ4v) is 3.46. The second kappa shape index (κ2) is 7.79. The number of nitrogens with one attached hydrogen (secondary N) is 1. The van der Waals surface area contributed by atoms with Gasteiger partial charge in [0.15, 0.2) is 0 Å². The molecule has 0 atom stereocenters. The van der Waals surface area contributed by atoms with E-state index in [9.17, 15) is 4.79 Å². The summed E-state index contributed by atoms with van der Waals surface area (Å²) in [5.74, 6) is 0.0353. The molecule has 1 fully saturated rings. The van der Waals surface area contributed by atoms with E-state index in [0.29, 0.717) is 5.69 Å². The van der Waals surface area contributed by atoms with Crippen LogP contribution in [0, 0.1) is 6.92 Å². The molecule has 5 heteroatoms. The van der Waals surface area contributed by atoms with Gasteiger partial charge in [-0.2, -0.15) is 0 Å². The van der Waals surface area contributed by atoms with Crippen molar-refractivity contribution in [2.75, 3.05) is 18.4 Å². The highest BCUT2D eigenvalue weighted by Crippen LogP contribution is 2.24. The van der Waals surface area contributed by atoms with Crippen LogP contribution in [0.4, 0.5) is 11.4 Å². The van der Waals surface area contributed by atoms with Gasteiger partial charge >= 0.3 is 0 Å². The second-order valence-corrected chi connectivity index (χ2v) is 7.14. The number of aromatic nitrogens is 1. The summed E-state index contributed by atoms with van der Waals surface area (Å²) < 4.78 is 1.05. The predicted molar refractivity (Wildman–Crippen MR) is 101 cm³/mol. The Labute approximate surface area is 151 Å². The zero-order valence-electron chi connectivity index (χ0n) is 13.9. The van der Waals surface area contributed by atoms with E-state index in [2.05, 4.69) is 39.2 Å². The smallest absolute Gasteiger partial charge is 0.272 e. The van der Waals surface area contributed by atoms with Gasteiger partial charge in [0.1, 0.15) is 5.69 Å². The number of carbonyl (C=O) groups is 1. The van der Waals surface area contributed by atoms with Crippen LogP contribution in [0.25, 0.3) is 0 Å². The average Bonchev–Trinajstić information content (AvgIpc) is 2.86. The second-order valence-electron chi connectivity index (χ2n) is 6.22. The van der Waals surface area contributed by atoms with E-state index in [4.69, 9.17) is 0 Å².